The van der Waals surface area contributed by atoms with Crippen molar-refractivity contribution in [3.8, 4) is 0 Å². The molecule has 10 nitrogen and oxygen atoms in total. The van der Waals surface area contributed by atoms with Crippen LogP contribution in [0.1, 0.15) is 72.8 Å². The molecule has 4 rings (SSSR count). The topological polar surface area (TPSA) is 134 Å². The van der Waals surface area contributed by atoms with Crippen LogP contribution in [0.25, 0.3) is 10.9 Å². The first kappa shape index (κ1) is 33.5. The van der Waals surface area contributed by atoms with Crippen LogP contribution in [0.3, 0.4) is 0 Å². The molecule has 0 saturated heterocycles. The number of amides is 1. The number of ether oxygens (including phenoxy) is 1. The second-order valence-electron chi connectivity index (χ2n) is 13.7. The molecule has 0 radical (unpaired) electrons. The number of sulfonamides is 1. The van der Waals surface area contributed by atoms with Crippen molar-refractivity contribution in [1.29, 1.82) is 0 Å². The van der Waals surface area contributed by atoms with Crippen molar-refractivity contribution in [1.82, 2.24) is 20.0 Å². The van der Waals surface area contributed by atoms with E-state index in [4.69, 9.17) is 14.7 Å². The van der Waals surface area contributed by atoms with E-state index in [1.807, 2.05) is 57.2 Å². The van der Waals surface area contributed by atoms with Crippen LogP contribution >= 0.6 is 0 Å². The van der Waals surface area contributed by atoms with Gasteiger partial charge in [-0.25, -0.2) is 22.9 Å². The minimum Gasteiger partial charge on any atom is -0.444 e. The molecule has 1 heterocycles. The molecule has 11 heteroatoms. The second kappa shape index (κ2) is 14.1. The second-order valence-corrected chi connectivity index (χ2v) is 15.4. The zero-order valence-corrected chi connectivity index (χ0v) is 27.7. The summed E-state index contributed by atoms with van der Waals surface area (Å²) >= 11 is 0. The first-order valence-electron chi connectivity index (χ1n) is 15.5. The number of para-hydroxylation sites is 1. The third kappa shape index (κ3) is 9.79. The van der Waals surface area contributed by atoms with Gasteiger partial charge in [-0.2, -0.15) is 4.98 Å². The van der Waals surface area contributed by atoms with Crippen LogP contribution in [0.5, 0.6) is 0 Å². The van der Waals surface area contributed by atoms with Crippen LogP contribution in [0.2, 0.25) is 0 Å². The molecule has 1 aliphatic carbocycles. The van der Waals surface area contributed by atoms with E-state index in [0.717, 1.165) is 48.7 Å². The quantitative estimate of drug-likeness (QED) is 0.189. The summed E-state index contributed by atoms with van der Waals surface area (Å²) in [7, 11) is -3.54. The zero-order valence-electron chi connectivity index (χ0n) is 26.9. The predicted octanol–water partition coefficient (Wildman–Crippen LogP) is 6.06. The Kier molecular flexibility index (Phi) is 10.7. The maximum Gasteiger partial charge on any atom is 0.407 e. The highest BCUT2D eigenvalue weighted by Crippen LogP contribution is 2.30. The predicted molar refractivity (Wildman–Crippen MR) is 177 cm³/mol. The van der Waals surface area contributed by atoms with Crippen LogP contribution in [-0.2, 0) is 20.2 Å². The lowest BCUT2D eigenvalue weighted by Crippen LogP contribution is -2.35. The molecule has 3 aromatic rings. The summed E-state index contributed by atoms with van der Waals surface area (Å²) in [5.41, 5.74) is 1.37. The Balaban J connectivity index is 1.25. The number of alkyl carbamates (subject to hydrolysis) is 1. The molecule has 1 amide bonds. The number of fused-ring (bicyclic) bond motifs is 1. The standard InChI is InChI=1S/C33H48N6O4S/c1-32(2,3)25-15-17-26(18-16-25)44(41,42)37-22-24-13-11-23(12-14-24)21-36-30-38-28-10-8-7-9-27(28)29(39-30)34-19-20-35-31(40)43-33(4,5)6/h7-10,15-18,23-24,37H,11-14,19-22H2,1-6H3,(H,35,40)(H2,34,36,38,39). The Hall–Kier alpha value is -3.44. The number of hydrogen-bond donors (Lipinski definition) is 4. The molecule has 0 bridgehead atoms. The molecule has 0 unspecified atom stereocenters. The molecule has 0 aliphatic heterocycles. The van der Waals surface area contributed by atoms with E-state index in [1.54, 1.807) is 12.1 Å². The minimum atomic E-state index is -3.54. The molecular weight excluding hydrogens is 576 g/mol. The number of hydrogen-bond acceptors (Lipinski definition) is 8. The van der Waals surface area contributed by atoms with Gasteiger partial charge in [0.05, 0.1) is 10.4 Å². The average Bonchev–Trinajstić information content (AvgIpc) is 2.96. The molecule has 2 aromatic carbocycles. The van der Waals surface area contributed by atoms with Gasteiger partial charge in [-0.15, -0.1) is 0 Å². The van der Waals surface area contributed by atoms with Crippen molar-refractivity contribution in [3.05, 3.63) is 54.1 Å². The number of benzene rings is 2. The summed E-state index contributed by atoms with van der Waals surface area (Å²) in [5, 5.41) is 10.4. The highest BCUT2D eigenvalue weighted by molar-refractivity contribution is 7.89. The lowest BCUT2D eigenvalue weighted by molar-refractivity contribution is 0.0530. The Morgan fingerprint density at radius 1 is 0.841 bits per heavy atom. The van der Waals surface area contributed by atoms with Crippen LogP contribution in [-0.4, -0.2) is 56.3 Å². The molecule has 0 spiro atoms. The Morgan fingerprint density at radius 2 is 1.48 bits per heavy atom. The average molecular weight is 625 g/mol. The van der Waals surface area contributed by atoms with Gasteiger partial charge in [0, 0.05) is 31.6 Å². The van der Waals surface area contributed by atoms with Crippen LogP contribution < -0.4 is 20.7 Å². The lowest BCUT2D eigenvalue weighted by atomic mass is 9.82. The zero-order chi connectivity index (χ0) is 32.0. The fourth-order valence-corrected chi connectivity index (χ4v) is 6.39. The largest absolute Gasteiger partial charge is 0.444 e. The molecule has 1 fully saturated rings. The van der Waals surface area contributed by atoms with Gasteiger partial charge in [0.2, 0.25) is 16.0 Å². The summed E-state index contributed by atoms with van der Waals surface area (Å²) in [4.78, 5) is 21.7. The number of rotatable bonds is 11. The summed E-state index contributed by atoms with van der Waals surface area (Å²) in [6, 6.07) is 15.0. The molecule has 0 atom stereocenters. The monoisotopic (exact) mass is 624 g/mol. The Morgan fingerprint density at radius 3 is 2.11 bits per heavy atom. The van der Waals surface area contributed by atoms with Gasteiger partial charge >= 0.3 is 6.09 Å². The van der Waals surface area contributed by atoms with Crippen LogP contribution in [0.4, 0.5) is 16.6 Å². The number of carbonyl (C=O) groups excluding carboxylic acids is 1. The van der Waals surface area contributed by atoms with E-state index in [-0.39, 0.29) is 5.41 Å². The van der Waals surface area contributed by atoms with Gasteiger partial charge in [0.25, 0.3) is 0 Å². The third-order valence-corrected chi connectivity index (χ3v) is 9.24. The van der Waals surface area contributed by atoms with E-state index in [0.29, 0.717) is 48.1 Å². The molecule has 44 heavy (non-hydrogen) atoms. The number of anilines is 2. The van der Waals surface area contributed by atoms with Crippen LogP contribution in [0, 0.1) is 11.8 Å². The molecule has 1 aliphatic rings. The number of nitrogens with zero attached hydrogens (tertiary/aromatic N) is 2. The first-order valence-corrected chi connectivity index (χ1v) is 17.0. The smallest absolute Gasteiger partial charge is 0.407 e. The first-order chi connectivity index (χ1) is 20.7. The maximum absolute atomic E-state index is 12.9. The summed E-state index contributed by atoms with van der Waals surface area (Å²) in [5.74, 6) is 2.03. The van der Waals surface area contributed by atoms with Gasteiger partial charge in [-0.05, 0) is 93.5 Å². The van der Waals surface area contributed by atoms with Crippen molar-refractivity contribution in [2.24, 2.45) is 11.8 Å². The molecule has 1 aromatic heterocycles. The van der Waals surface area contributed by atoms with Crippen molar-refractivity contribution in [3.63, 3.8) is 0 Å². The summed E-state index contributed by atoms with van der Waals surface area (Å²) in [6.45, 7) is 13.9. The van der Waals surface area contributed by atoms with Crippen molar-refractivity contribution >= 4 is 38.8 Å². The van der Waals surface area contributed by atoms with Crippen molar-refractivity contribution < 1.29 is 17.9 Å². The van der Waals surface area contributed by atoms with E-state index in [2.05, 4.69) is 41.4 Å². The van der Waals surface area contributed by atoms with Gasteiger partial charge in [-0.1, -0.05) is 45.0 Å². The highest BCUT2D eigenvalue weighted by Gasteiger charge is 2.24. The SMILES string of the molecule is CC(C)(C)OC(=O)NCCNc1nc(NCC2CCC(CNS(=O)(=O)c3ccc(C(C)(C)C)cc3)CC2)nc2ccccc12. The van der Waals surface area contributed by atoms with E-state index in [1.165, 1.54) is 0 Å². The third-order valence-electron chi connectivity index (χ3n) is 7.80. The Labute approximate surface area is 262 Å². The van der Waals surface area contributed by atoms with Gasteiger partial charge < -0.3 is 20.7 Å². The maximum atomic E-state index is 12.9. The van der Waals surface area contributed by atoms with E-state index < -0.39 is 21.7 Å². The molecule has 4 N–H and O–H groups in total. The molecular formula is C33H48N6O4S. The van der Waals surface area contributed by atoms with Gasteiger partial charge in [-0.3, -0.25) is 0 Å². The molecule has 1 saturated carbocycles. The van der Waals surface area contributed by atoms with Crippen molar-refractivity contribution in [2.75, 3.05) is 36.8 Å². The number of aromatic nitrogens is 2. The lowest BCUT2D eigenvalue weighted by Gasteiger charge is -2.28. The summed E-state index contributed by atoms with van der Waals surface area (Å²) in [6.07, 6.45) is 3.50. The number of carbonyl (C=O) groups is 1. The fraction of sp³-hybridized carbons (Fsp3) is 0.545. The van der Waals surface area contributed by atoms with Gasteiger partial charge in [0.1, 0.15) is 11.4 Å². The number of nitrogens with one attached hydrogen (secondary N) is 4. The van der Waals surface area contributed by atoms with Crippen LogP contribution in [0.15, 0.2) is 53.4 Å². The van der Waals surface area contributed by atoms with E-state index >= 15 is 0 Å². The Bertz CT molecular complexity index is 1510. The van der Waals surface area contributed by atoms with Crippen molar-refractivity contribution in [2.45, 2.75) is 83.1 Å². The summed E-state index contributed by atoms with van der Waals surface area (Å²) < 4.78 is 33.9. The normalized spacial score (nSPS) is 17.7. The fourth-order valence-electron chi connectivity index (χ4n) is 5.27. The van der Waals surface area contributed by atoms with Gasteiger partial charge in [0.15, 0.2) is 0 Å². The minimum absolute atomic E-state index is 0.0228. The highest BCUT2D eigenvalue weighted by atomic mass is 32.2. The molecule has 240 valence electrons. The van der Waals surface area contributed by atoms with E-state index in [9.17, 15) is 13.2 Å².